The lowest BCUT2D eigenvalue weighted by molar-refractivity contribution is 0.0908. The minimum atomic E-state index is -4.13. The molecular weight excluding hydrogens is 319 g/mol. The first-order valence-electron chi connectivity index (χ1n) is 6.32. The Kier molecular flexibility index (Phi) is 5.35. The molecular formula is C13H18ClFN2O3S. The minimum absolute atomic E-state index is 0.259. The van der Waals surface area contributed by atoms with Gasteiger partial charge in [0.25, 0.3) is 5.91 Å². The molecule has 0 aromatic heterocycles. The van der Waals surface area contributed by atoms with Crippen LogP contribution in [0.25, 0.3) is 0 Å². The molecule has 21 heavy (non-hydrogen) atoms. The van der Waals surface area contributed by atoms with Gasteiger partial charge < -0.3 is 5.32 Å². The van der Waals surface area contributed by atoms with Crippen LogP contribution < -0.4 is 10.5 Å². The number of hydrogen-bond acceptors (Lipinski definition) is 3. The number of nitrogens with one attached hydrogen (secondary N) is 1. The second kappa shape index (κ2) is 6.29. The number of sulfonamides is 1. The molecule has 1 aromatic rings. The van der Waals surface area contributed by atoms with Gasteiger partial charge in [-0.25, -0.2) is 17.9 Å². The number of nitrogens with two attached hydrogens (primary N) is 1. The topological polar surface area (TPSA) is 89.3 Å². The molecule has 118 valence electrons. The highest BCUT2D eigenvalue weighted by Crippen LogP contribution is 2.25. The minimum Gasteiger partial charge on any atom is -0.347 e. The lowest BCUT2D eigenvalue weighted by Crippen LogP contribution is -2.43. The van der Waals surface area contributed by atoms with Crippen molar-refractivity contribution in [2.75, 3.05) is 0 Å². The highest BCUT2D eigenvalue weighted by atomic mass is 35.5. The number of hydrogen-bond donors (Lipinski definition) is 2. The molecule has 0 radical (unpaired) electrons. The fourth-order valence-corrected chi connectivity index (χ4v) is 2.70. The fraction of sp³-hybridized carbons (Fsp3) is 0.462. The molecule has 5 nitrogen and oxygen atoms in total. The van der Waals surface area contributed by atoms with E-state index in [1.807, 2.05) is 20.8 Å². The van der Waals surface area contributed by atoms with Gasteiger partial charge in [0.15, 0.2) is 0 Å². The summed E-state index contributed by atoms with van der Waals surface area (Å²) in [6.07, 6.45) is 1.54. The second-order valence-electron chi connectivity index (χ2n) is 5.40. The van der Waals surface area contributed by atoms with E-state index in [0.29, 0.717) is 12.5 Å². The van der Waals surface area contributed by atoms with E-state index in [-0.39, 0.29) is 5.56 Å². The predicted molar refractivity (Wildman–Crippen MR) is 79.2 cm³/mol. The number of rotatable bonds is 5. The van der Waals surface area contributed by atoms with Crippen molar-refractivity contribution in [1.29, 1.82) is 0 Å². The van der Waals surface area contributed by atoms with Gasteiger partial charge >= 0.3 is 0 Å². The van der Waals surface area contributed by atoms with Crippen molar-refractivity contribution in [2.24, 2.45) is 5.14 Å². The first-order chi connectivity index (χ1) is 9.48. The Morgan fingerprint density at radius 1 is 1.43 bits per heavy atom. The maximum Gasteiger partial charge on any atom is 0.253 e. The van der Waals surface area contributed by atoms with Crippen LogP contribution in [0, 0.1) is 5.82 Å². The normalized spacial score (nSPS) is 12.3. The highest BCUT2D eigenvalue weighted by molar-refractivity contribution is 7.89. The SMILES string of the molecule is CCCC(C)(C)NC(=O)c1cc(S(N)(=O)=O)cc(F)c1Cl. The van der Waals surface area contributed by atoms with E-state index in [1.54, 1.807) is 0 Å². The maximum atomic E-state index is 13.7. The van der Waals surface area contributed by atoms with Gasteiger partial charge in [-0.1, -0.05) is 24.9 Å². The number of primary sulfonamides is 1. The molecule has 0 bridgehead atoms. The molecule has 1 rings (SSSR count). The Morgan fingerprint density at radius 3 is 2.48 bits per heavy atom. The summed E-state index contributed by atoms with van der Waals surface area (Å²) in [5.41, 5.74) is -0.784. The van der Waals surface area contributed by atoms with E-state index in [2.05, 4.69) is 5.32 Å². The van der Waals surface area contributed by atoms with E-state index in [9.17, 15) is 17.6 Å². The summed E-state index contributed by atoms with van der Waals surface area (Å²) in [5.74, 6) is -1.66. The van der Waals surface area contributed by atoms with Gasteiger partial charge in [0.05, 0.1) is 15.5 Å². The standard InChI is InChI=1S/C13H18ClFN2O3S/c1-4-5-13(2,3)17-12(18)9-6-8(21(16,19)20)7-10(15)11(9)14/h6-7H,4-5H2,1-3H3,(H,17,18)(H2,16,19,20). The van der Waals surface area contributed by atoms with Gasteiger partial charge in [0.2, 0.25) is 10.0 Å². The lowest BCUT2D eigenvalue weighted by atomic mass is 9.98. The van der Waals surface area contributed by atoms with Crippen molar-refractivity contribution in [3.63, 3.8) is 0 Å². The van der Waals surface area contributed by atoms with Crippen LogP contribution in [0.4, 0.5) is 4.39 Å². The Balaban J connectivity index is 3.24. The van der Waals surface area contributed by atoms with Gasteiger partial charge in [-0.2, -0.15) is 0 Å². The van der Waals surface area contributed by atoms with E-state index >= 15 is 0 Å². The van der Waals surface area contributed by atoms with Gasteiger partial charge in [-0.05, 0) is 32.4 Å². The smallest absolute Gasteiger partial charge is 0.253 e. The maximum absolute atomic E-state index is 13.7. The third-order valence-electron chi connectivity index (χ3n) is 2.90. The summed E-state index contributed by atoms with van der Waals surface area (Å²) in [5, 5.41) is 7.21. The van der Waals surface area contributed by atoms with Crippen molar-refractivity contribution < 1.29 is 17.6 Å². The Hall–Kier alpha value is -1.18. The summed E-state index contributed by atoms with van der Waals surface area (Å²) < 4.78 is 36.3. The number of amides is 1. The molecule has 0 aliphatic carbocycles. The summed E-state index contributed by atoms with van der Waals surface area (Å²) in [6.45, 7) is 5.58. The van der Waals surface area contributed by atoms with Crippen molar-refractivity contribution in [3.8, 4) is 0 Å². The number of carbonyl (C=O) groups is 1. The third-order valence-corrected chi connectivity index (χ3v) is 4.18. The molecule has 1 aromatic carbocycles. The number of benzene rings is 1. The van der Waals surface area contributed by atoms with E-state index in [0.717, 1.165) is 12.5 Å². The Morgan fingerprint density at radius 2 is 2.00 bits per heavy atom. The third kappa shape index (κ3) is 4.66. The quantitative estimate of drug-likeness (QED) is 0.865. The van der Waals surface area contributed by atoms with Crippen LogP contribution >= 0.6 is 11.6 Å². The Bertz CT molecular complexity index is 660. The number of halogens is 2. The molecule has 0 unspecified atom stereocenters. The zero-order valence-electron chi connectivity index (χ0n) is 12.0. The van der Waals surface area contributed by atoms with Crippen molar-refractivity contribution in [3.05, 3.63) is 28.5 Å². The van der Waals surface area contributed by atoms with E-state index in [1.165, 1.54) is 0 Å². The van der Waals surface area contributed by atoms with Crippen LogP contribution in [0.15, 0.2) is 17.0 Å². The first kappa shape index (κ1) is 17.9. The molecule has 0 fully saturated rings. The monoisotopic (exact) mass is 336 g/mol. The van der Waals surface area contributed by atoms with Gasteiger partial charge in [-0.3, -0.25) is 4.79 Å². The fourth-order valence-electron chi connectivity index (χ4n) is 1.96. The van der Waals surface area contributed by atoms with Crippen LogP contribution in [-0.2, 0) is 10.0 Å². The summed E-state index contributed by atoms with van der Waals surface area (Å²) in [6, 6.07) is 1.66. The van der Waals surface area contributed by atoms with Crippen LogP contribution in [0.1, 0.15) is 44.0 Å². The first-order valence-corrected chi connectivity index (χ1v) is 8.24. The molecule has 0 aliphatic rings. The van der Waals surface area contributed by atoms with Gasteiger partial charge in [0, 0.05) is 5.54 Å². The zero-order valence-corrected chi connectivity index (χ0v) is 13.6. The average Bonchev–Trinajstić information content (AvgIpc) is 2.29. The van der Waals surface area contributed by atoms with E-state index < -0.39 is 37.2 Å². The molecule has 8 heteroatoms. The van der Waals surface area contributed by atoms with Gasteiger partial charge in [0.1, 0.15) is 5.82 Å². The summed E-state index contributed by atoms with van der Waals surface area (Å²) in [4.78, 5) is 11.7. The molecule has 3 N–H and O–H groups in total. The molecule has 0 atom stereocenters. The van der Waals surface area contributed by atoms with Crippen molar-refractivity contribution in [2.45, 2.75) is 44.0 Å². The molecule has 0 spiro atoms. The van der Waals surface area contributed by atoms with Crippen molar-refractivity contribution >= 4 is 27.5 Å². The summed E-state index contributed by atoms with van der Waals surface area (Å²) >= 11 is 5.74. The molecule has 0 heterocycles. The molecule has 0 saturated heterocycles. The Labute approximate surface area is 128 Å². The van der Waals surface area contributed by atoms with E-state index in [4.69, 9.17) is 16.7 Å². The van der Waals surface area contributed by atoms with Crippen LogP contribution in [0.3, 0.4) is 0 Å². The van der Waals surface area contributed by atoms with Crippen LogP contribution in [0.2, 0.25) is 5.02 Å². The second-order valence-corrected chi connectivity index (χ2v) is 7.34. The lowest BCUT2D eigenvalue weighted by Gasteiger charge is -2.26. The van der Waals surface area contributed by atoms with Crippen molar-refractivity contribution in [1.82, 2.24) is 5.32 Å². The number of carbonyl (C=O) groups excluding carboxylic acids is 1. The predicted octanol–water partition coefficient (Wildman–Crippen LogP) is 2.43. The van der Waals surface area contributed by atoms with Gasteiger partial charge in [-0.15, -0.1) is 0 Å². The highest BCUT2D eigenvalue weighted by Gasteiger charge is 2.24. The average molecular weight is 337 g/mol. The molecule has 0 saturated carbocycles. The molecule has 0 aliphatic heterocycles. The zero-order chi connectivity index (χ0) is 16.4. The van der Waals surface area contributed by atoms with Crippen LogP contribution in [0.5, 0.6) is 0 Å². The van der Waals surface area contributed by atoms with Crippen LogP contribution in [-0.4, -0.2) is 19.9 Å². The largest absolute Gasteiger partial charge is 0.347 e. The summed E-state index contributed by atoms with van der Waals surface area (Å²) in [7, 11) is -4.13. The molecule has 1 amide bonds.